The number of amides is 1. The minimum atomic E-state index is -0.0820. The van der Waals surface area contributed by atoms with Gasteiger partial charge in [0.25, 0.3) is 5.91 Å². The molecule has 0 saturated heterocycles. The predicted molar refractivity (Wildman–Crippen MR) is 110 cm³/mol. The molecular weight excluding hydrogens is 320 g/mol. The summed E-state index contributed by atoms with van der Waals surface area (Å²) in [6.45, 7) is 8.38. The van der Waals surface area contributed by atoms with Crippen molar-refractivity contribution in [3.05, 3.63) is 71.4 Å². The van der Waals surface area contributed by atoms with Crippen molar-refractivity contribution in [2.24, 2.45) is 7.05 Å². The molecular formula is C23H26N2O. The number of aromatic nitrogens is 1. The van der Waals surface area contributed by atoms with Gasteiger partial charge in [0, 0.05) is 41.0 Å². The molecule has 1 aromatic heterocycles. The monoisotopic (exact) mass is 346 g/mol. The Morgan fingerprint density at radius 2 is 1.69 bits per heavy atom. The van der Waals surface area contributed by atoms with Gasteiger partial charge in [0.05, 0.1) is 0 Å². The number of hydrogen-bond donors (Lipinski definition) is 1. The number of benzene rings is 2. The number of carbonyl (C=O) groups excluding carboxylic acids is 1. The van der Waals surface area contributed by atoms with Crippen molar-refractivity contribution in [1.29, 1.82) is 0 Å². The van der Waals surface area contributed by atoms with E-state index in [9.17, 15) is 4.79 Å². The Balaban J connectivity index is 1.80. The largest absolute Gasteiger partial charge is 0.350 e. The fourth-order valence-corrected chi connectivity index (χ4v) is 3.07. The van der Waals surface area contributed by atoms with Crippen molar-refractivity contribution < 1.29 is 4.79 Å². The lowest BCUT2D eigenvalue weighted by Gasteiger charge is -2.19. The summed E-state index contributed by atoms with van der Waals surface area (Å²) in [5, 5.41) is 4.13. The lowest BCUT2D eigenvalue weighted by Crippen LogP contribution is -2.14. The molecule has 0 radical (unpaired) electrons. The van der Waals surface area contributed by atoms with Crippen LogP contribution in [0.25, 0.3) is 17.0 Å². The summed E-state index contributed by atoms with van der Waals surface area (Å²) in [6.07, 6.45) is 4.00. The molecule has 0 aliphatic carbocycles. The Labute approximate surface area is 155 Å². The maximum Gasteiger partial charge on any atom is 0.251 e. The number of para-hydroxylation sites is 1. The van der Waals surface area contributed by atoms with Crippen LogP contribution in [0.1, 0.15) is 38.8 Å². The molecule has 26 heavy (non-hydrogen) atoms. The highest BCUT2D eigenvalue weighted by molar-refractivity contribution is 6.07. The van der Waals surface area contributed by atoms with Crippen LogP contribution in [0.3, 0.4) is 0 Å². The van der Waals surface area contributed by atoms with E-state index in [0.717, 1.165) is 22.2 Å². The highest BCUT2D eigenvalue weighted by Crippen LogP contribution is 2.25. The first-order valence-corrected chi connectivity index (χ1v) is 8.90. The third kappa shape index (κ3) is 3.72. The number of fused-ring (bicyclic) bond motifs is 1. The maximum absolute atomic E-state index is 12.6. The second-order valence-electron chi connectivity index (χ2n) is 7.82. The summed E-state index contributed by atoms with van der Waals surface area (Å²) in [4.78, 5) is 12.6. The SMILES string of the molecule is C/C(=C\c1cn(C)c2ccccc12)C(=O)Nc1ccc(C(C)(C)C)cc1. The molecule has 3 nitrogen and oxygen atoms in total. The Morgan fingerprint density at radius 1 is 1.04 bits per heavy atom. The summed E-state index contributed by atoms with van der Waals surface area (Å²) < 4.78 is 2.08. The molecule has 0 atom stereocenters. The third-order valence-corrected chi connectivity index (χ3v) is 4.67. The second-order valence-corrected chi connectivity index (χ2v) is 7.82. The first kappa shape index (κ1) is 18.0. The Hall–Kier alpha value is -2.81. The molecule has 1 amide bonds. The summed E-state index contributed by atoms with van der Waals surface area (Å²) >= 11 is 0. The van der Waals surface area contributed by atoms with Gasteiger partial charge in [-0.25, -0.2) is 0 Å². The van der Waals surface area contributed by atoms with Gasteiger partial charge in [-0.2, -0.15) is 0 Å². The average Bonchev–Trinajstić information content (AvgIpc) is 2.91. The number of anilines is 1. The van der Waals surface area contributed by atoms with Gasteiger partial charge < -0.3 is 9.88 Å². The Morgan fingerprint density at radius 3 is 2.35 bits per heavy atom. The fraction of sp³-hybridized carbons (Fsp3) is 0.261. The molecule has 3 heteroatoms. The highest BCUT2D eigenvalue weighted by atomic mass is 16.1. The van der Waals surface area contributed by atoms with Gasteiger partial charge >= 0.3 is 0 Å². The molecule has 0 saturated carbocycles. The Kier molecular flexibility index (Phi) is 4.73. The number of aryl methyl sites for hydroxylation is 1. The van der Waals surface area contributed by atoms with Crippen LogP contribution in [0.5, 0.6) is 0 Å². The second kappa shape index (κ2) is 6.83. The normalized spacial score (nSPS) is 12.4. The smallest absolute Gasteiger partial charge is 0.251 e. The van der Waals surface area contributed by atoms with Crippen molar-refractivity contribution in [3.8, 4) is 0 Å². The summed E-state index contributed by atoms with van der Waals surface area (Å²) in [5.41, 5.74) is 5.06. The third-order valence-electron chi connectivity index (χ3n) is 4.67. The molecule has 0 unspecified atom stereocenters. The van der Waals surface area contributed by atoms with Gasteiger partial charge in [-0.3, -0.25) is 4.79 Å². The zero-order chi connectivity index (χ0) is 18.9. The average molecular weight is 346 g/mol. The number of nitrogens with zero attached hydrogens (tertiary/aromatic N) is 1. The van der Waals surface area contributed by atoms with Crippen LogP contribution in [0.15, 0.2) is 60.3 Å². The topological polar surface area (TPSA) is 34.0 Å². The first-order chi connectivity index (χ1) is 12.3. The van der Waals surface area contributed by atoms with Crippen molar-refractivity contribution in [2.45, 2.75) is 33.1 Å². The Bertz CT molecular complexity index is 970. The minimum Gasteiger partial charge on any atom is -0.350 e. The number of carbonyl (C=O) groups is 1. The van der Waals surface area contributed by atoms with E-state index in [4.69, 9.17) is 0 Å². The zero-order valence-corrected chi connectivity index (χ0v) is 16.1. The molecule has 0 aliphatic heterocycles. The van der Waals surface area contributed by atoms with Gasteiger partial charge in [-0.15, -0.1) is 0 Å². The highest BCUT2D eigenvalue weighted by Gasteiger charge is 2.13. The molecule has 3 aromatic rings. The fourth-order valence-electron chi connectivity index (χ4n) is 3.07. The van der Waals surface area contributed by atoms with E-state index in [1.165, 1.54) is 5.56 Å². The van der Waals surface area contributed by atoms with E-state index in [2.05, 4.69) is 61.1 Å². The lowest BCUT2D eigenvalue weighted by atomic mass is 9.87. The van der Waals surface area contributed by atoms with Crippen LogP contribution >= 0.6 is 0 Å². The number of nitrogens with one attached hydrogen (secondary N) is 1. The van der Waals surface area contributed by atoms with Crippen LogP contribution in [0.2, 0.25) is 0 Å². The quantitative estimate of drug-likeness (QED) is 0.623. The van der Waals surface area contributed by atoms with Gasteiger partial charge in [0.2, 0.25) is 0 Å². The molecule has 0 fully saturated rings. The molecule has 0 aliphatic rings. The van der Waals surface area contributed by atoms with Crippen molar-refractivity contribution >= 4 is 28.6 Å². The lowest BCUT2D eigenvalue weighted by molar-refractivity contribution is -0.112. The van der Waals surface area contributed by atoms with Gasteiger partial charge in [-0.1, -0.05) is 51.1 Å². The van der Waals surface area contributed by atoms with Crippen LogP contribution in [0.4, 0.5) is 5.69 Å². The van der Waals surface area contributed by atoms with E-state index < -0.39 is 0 Å². The summed E-state index contributed by atoms with van der Waals surface area (Å²) in [6, 6.07) is 16.3. The minimum absolute atomic E-state index is 0.0820. The number of hydrogen-bond acceptors (Lipinski definition) is 1. The van der Waals surface area contributed by atoms with Crippen molar-refractivity contribution in [3.63, 3.8) is 0 Å². The van der Waals surface area contributed by atoms with Gasteiger partial charge in [-0.05, 0) is 42.2 Å². The van der Waals surface area contributed by atoms with E-state index in [0.29, 0.717) is 5.57 Å². The van der Waals surface area contributed by atoms with E-state index in [-0.39, 0.29) is 11.3 Å². The molecule has 134 valence electrons. The molecule has 0 spiro atoms. The van der Waals surface area contributed by atoms with Crippen molar-refractivity contribution in [1.82, 2.24) is 4.57 Å². The van der Waals surface area contributed by atoms with Crippen molar-refractivity contribution in [2.75, 3.05) is 5.32 Å². The van der Waals surface area contributed by atoms with Gasteiger partial charge in [0.1, 0.15) is 0 Å². The molecule has 0 bridgehead atoms. The zero-order valence-electron chi connectivity index (χ0n) is 16.1. The van der Waals surface area contributed by atoms with E-state index >= 15 is 0 Å². The number of rotatable bonds is 3. The van der Waals surface area contributed by atoms with E-state index in [1.54, 1.807) is 0 Å². The van der Waals surface area contributed by atoms with Crippen LogP contribution in [0, 0.1) is 0 Å². The molecule has 3 rings (SSSR count). The van der Waals surface area contributed by atoms with E-state index in [1.807, 2.05) is 44.3 Å². The van der Waals surface area contributed by atoms with Gasteiger partial charge in [0.15, 0.2) is 0 Å². The summed E-state index contributed by atoms with van der Waals surface area (Å²) in [7, 11) is 2.02. The van der Waals surface area contributed by atoms with Crippen LogP contribution in [-0.4, -0.2) is 10.5 Å². The maximum atomic E-state index is 12.6. The van der Waals surface area contributed by atoms with Crippen LogP contribution in [-0.2, 0) is 17.3 Å². The standard InChI is InChI=1S/C23H26N2O/c1-16(14-17-15-25(5)21-9-7-6-8-20(17)21)22(26)24-19-12-10-18(11-13-19)23(2,3)4/h6-15H,1-5H3,(H,24,26)/b16-14+. The first-order valence-electron chi connectivity index (χ1n) is 8.90. The van der Waals surface area contributed by atoms with Crippen LogP contribution < -0.4 is 5.32 Å². The molecule has 1 heterocycles. The predicted octanol–water partition coefficient (Wildman–Crippen LogP) is 5.52. The summed E-state index contributed by atoms with van der Waals surface area (Å²) in [5.74, 6) is -0.0820. The molecule has 2 aromatic carbocycles. The molecule has 1 N–H and O–H groups in total.